The fourth-order valence-electron chi connectivity index (χ4n) is 2.15. The first-order valence-corrected chi connectivity index (χ1v) is 6.90. The lowest BCUT2D eigenvalue weighted by molar-refractivity contribution is -0.137. The number of benzene rings is 1. The molecule has 0 aliphatic carbocycles. The fraction of sp³-hybridized carbons (Fsp3) is 0.312. The summed E-state index contributed by atoms with van der Waals surface area (Å²) in [5, 5.41) is 0. The highest BCUT2D eigenvalue weighted by molar-refractivity contribution is 5.87. The lowest BCUT2D eigenvalue weighted by Gasteiger charge is -2.11. The first kappa shape index (κ1) is 16.1. The van der Waals surface area contributed by atoms with Crippen LogP contribution in [-0.2, 0) is 23.9 Å². The minimum Gasteiger partial charge on any atom is -0.461 e. The monoisotopic (exact) mass is 311 g/mol. The number of carbonyl (C=O) groups is 1. The molecule has 0 radical (unpaired) electrons. The van der Waals surface area contributed by atoms with Gasteiger partial charge in [-0.25, -0.2) is 4.79 Å². The number of esters is 1. The highest BCUT2D eigenvalue weighted by Gasteiger charge is 2.30. The number of aromatic nitrogens is 1. The molecule has 0 aliphatic rings. The van der Waals surface area contributed by atoms with Crippen LogP contribution in [0.3, 0.4) is 0 Å². The van der Waals surface area contributed by atoms with Crippen molar-refractivity contribution in [1.29, 1.82) is 0 Å². The first-order chi connectivity index (χ1) is 10.4. The molecule has 118 valence electrons. The number of halogens is 3. The third kappa shape index (κ3) is 3.90. The predicted octanol–water partition coefficient (Wildman–Crippen LogP) is 3.93. The van der Waals surface area contributed by atoms with E-state index in [4.69, 9.17) is 4.74 Å². The molecule has 0 atom stereocenters. The van der Waals surface area contributed by atoms with Crippen LogP contribution in [0.1, 0.15) is 28.5 Å². The van der Waals surface area contributed by atoms with Gasteiger partial charge in [0.15, 0.2) is 0 Å². The summed E-state index contributed by atoms with van der Waals surface area (Å²) in [5.74, 6) is -0.434. The lowest BCUT2D eigenvalue weighted by Crippen LogP contribution is -2.13. The Morgan fingerprint density at radius 3 is 2.68 bits per heavy atom. The Kier molecular flexibility index (Phi) is 4.90. The molecule has 0 spiro atoms. The highest BCUT2D eigenvalue weighted by Crippen LogP contribution is 2.29. The number of nitrogens with zero attached hydrogens (tertiary/aromatic N) is 1. The summed E-state index contributed by atoms with van der Waals surface area (Å²) in [6, 6.07) is 8.54. The fourth-order valence-corrected chi connectivity index (χ4v) is 2.15. The number of carbonyl (C=O) groups excluding carboxylic acids is 1. The van der Waals surface area contributed by atoms with Crippen LogP contribution in [0.5, 0.6) is 0 Å². The van der Waals surface area contributed by atoms with Gasteiger partial charge in [-0.05, 0) is 37.1 Å². The third-order valence-electron chi connectivity index (χ3n) is 3.21. The van der Waals surface area contributed by atoms with Crippen LogP contribution in [0.25, 0.3) is 0 Å². The van der Waals surface area contributed by atoms with Gasteiger partial charge in [0.1, 0.15) is 5.69 Å². The number of ether oxygens (including phenoxy) is 1. The molecule has 0 fully saturated rings. The predicted molar refractivity (Wildman–Crippen MR) is 75.5 cm³/mol. The molecule has 0 amide bonds. The van der Waals surface area contributed by atoms with Crippen LogP contribution < -0.4 is 0 Å². The maximum Gasteiger partial charge on any atom is 0.416 e. The third-order valence-corrected chi connectivity index (χ3v) is 3.21. The average Bonchev–Trinajstić information content (AvgIpc) is 2.93. The quantitative estimate of drug-likeness (QED) is 0.784. The molecule has 22 heavy (non-hydrogen) atoms. The Bertz CT molecular complexity index is 647. The molecule has 2 rings (SSSR count). The summed E-state index contributed by atoms with van der Waals surface area (Å²) >= 11 is 0. The summed E-state index contributed by atoms with van der Waals surface area (Å²) in [6.45, 7) is 2.40. The molecule has 0 unspecified atom stereocenters. The number of hydrogen-bond acceptors (Lipinski definition) is 2. The van der Waals surface area contributed by atoms with E-state index >= 15 is 0 Å². The number of aryl methyl sites for hydroxylation is 2. The van der Waals surface area contributed by atoms with Gasteiger partial charge in [-0.1, -0.05) is 18.2 Å². The summed E-state index contributed by atoms with van der Waals surface area (Å²) in [7, 11) is 0. The second kappa shape index (κ2) is 6.68. The molecule has 6 heteroatoms. The van der Waals surface area contributed by atoms with Crippen molar-refractivity contribution in [2.75, 3.05) is 6.61 Å². The number of alkyl halides is 3. The standard InChI is InChI=1S/C16H16F3NO2/c1-2-22-15(21)14-7-4-9-20(14)10-8-12-5-3-6-13(11-12)16(17,18)19/h3-7,9,11H,2,8,10H2,1H3. The van der Waals surface area contributed by atoms with E-state index in [9.17, 15) is 18.0 Å². The van der Waals surface area contributed by atoms with Gasteiger partial charge in [0.2, 0.25) is 0 Å². The van der Waals surface area contributed by atoms with E-state index in [1.165, 1.54) is 6.07 Å². The molecule has 1 aromatic carbocycles. The Balaban J connectivity index is 2.08. The molecule has 0 N–H and O–H groups in total. The zero-order valence-corrected chi connectivity index (χ0v) is 12.1. The van der Waals surface area contributed by atoms with Gasteiger partial charge in [0.05, 0.1) is 12.2 Å². The molecule has 0 saturated heterocycles. The summed E-state index contributed by atoms with van der Waals surface area (Å²) in [4.78, 5) is 11.7. The van der Waals surface area contributed by atoms with Crippen molar-refractivity contribution in [2.45, 2.75) is 26.1 Å². The zero-order chi connectivity index (χ0) is 16.2. The topological polar surface area (TPSA) is 31.2 Å². The van der Waals surface area contributed by atoms with Gasteiger partial charge < -0.3 is 9.30 Å². The van der Waals surface area contributed by atoms with E-state index in [0.29, 0.717) is 24.2 Å². The van der Waals surface area contributed by atoms with Crippen LogP contribution in [0.15, 0.2) is 42.6 Å². The number of rotatable bonds is 5. The van der Waals surface area contributed by atoms with Gasteiger partial charge in [-0.2, -0.15) is 13.2 Å². The minimum atomic E-state index is -4.35. The van der Waals surface area contributed by atoms with Crippen LogP contribution in [0.4, 0.5) is 13.2 Å². The van der Waals surface area contributed by atoms with Crippen LogP contribution in [-0.4, -0.2) is 17.1 Å². The van der Waals surface area contributed by atoms with Crippen molar-refractivity contribution in [3.63, 3.8) is 0 Å². The largest absolute Gasteiger partial charge is 0.461 e. The maximum atomic E-state index is 12.7. The molecule has 1 aromatic heterocycles. The second-order valence-corrected chi connectivity index (χ2v) is 4.76. The van der Waals surface area contributed by atoms with E-state index in [-0.39, 0.29) is 6.61 Å². The summed E-state index contributed by atoms with van der Waals surface area (Å²) < 4.78 is 44.6. The van der Waals surface area contributed by atoms with Gasteiger partial charge >= 0.3 is 12.1 Å². The zero-order valence-electron chi connectivity index (χ0n) is 12.1. The van der Waals surface area contributed by atoms with E-state index in [1.54, 1.807) is 35.9 Å². The van der Waals surface area contributed by atoms with Gasteiger partial charge in [0, 0.05) is 12.7 Å². The minimum absolute atomic E-state index is 0.275. The van der Waals surface area contributed by atoms with Crippen LogP contribution in [0.2, 0.25) is 0 Å². The molecule has 0 bridgehead atoms. The molecule has 3 nitrogen and oxygen atoms in total. The lowest BCUT2D eigenvalue weighted by atomic mass is 10.1. The smallest absolute Gasteiger partial charge is 0.416 e. The van der Waals surface area contributed by atoms with Crippen LogP contribution in [0, 0.1) is 0 Å². The molecular formula is C16H16F3NO2. The number of hydrogen-bond donors (Lipinski definition) is 0. The Labute approximate surface area is 126 Å². The SMILES string of the molecule is CCOC(=O)c1cccn1CCc1cccc(C(F)(F)F)c1. The van der Waals surface area contributed by atoms with E-state index < -0.39 is 17.7 Å². The van der Waals surface area contributed by atoms with Crippen molar-refractivity contribution in [2.24, 2.45) is 0 Å². The van der Waals surface area contributed by atoms with E-state index in [1.807, 2.05) is 0 Å². The van der Waals surface area contributed by atoms with Crippen molar-refractivity contribution < 1.29 is 22.7 Å². The molecular weight excluding hydrogens is 295 g/mol. The van der Waals surface area contributed by atoms with E-state index in [2.05, 4.69) is 0 Å². The van der Waals surface area contributed by atoms with Gasteiger partial charge in [-0.15, -0.1) is 0 Å². The average molecular weight is 311 g/mol. The molecule has 0 aliphatic heterocycles. The van der Waals surface area contributed by atoms with Crippen molar-refractivity contribution in [3.8, 4) is 0 Å². The maximum absolute atomic E-state index is 12.7. The molecule has 0 saturated carbocycles. The Morgan fingerprint density at radius 2 is 2.00 bits per heavy atom. The van der Waals surface area contributed by atoms with Gasteiger partial charge in [0.25, 0.3) is 0 Å². The second-order valence-electron chi connectivity index (χ2n) is 4.76. The van der Waals surface area contributed by atoms with Crippen molar-refractivity contribution in [1.82, 2.24) is 4.57 Å². The van der Waals surface area contributed by atoms with Gasteiger partial charge in [-0.3, -0.25) is 0 Å². The van der Waals surface area contributed by atoms with E-state index in [0.717, 1.165) is 12.1 Å². The molecule has 2 aromatic rings. The highest BCUT2D eigenvalue weighted by atomic mass is 19.4. The van der Waals surface area contributed by atoms with Crippen LogP contribution >= 0.6 is 0 Å². The summed E-state index contributed by atoms with van der Waals surface area (Å²) in [6.07, 6.45) is -2.25. The Morgan fingerprint density at radius 1 is 1.23 bits per heavy atom. The molecule has 1 heterocycles. The first-order valence-electron chi connectivity index (χ1n) is 6.90. The van der Waals surface area contributed by atoms with Crippen molar-refractivity contribution >= 4 is 5.97 Å². The van der Waals surface area contributed by atoms with Crippen molar-refractivity contribution in [3.05, 3.63) is 59.4 Å². The normalized spacial score (nSPS) is 11.5. The summed E-state index contributed by atoms with van der Waals surface area (Å²) in [5.41, 5.74) is 0.301. The Hall–Kier alpha value is -2.24.